The number of nitrogens with zero attached hydrogens (tertiary/aromatic N) is 1. The summed E-state index contributed by atoms with van der Waals surface area (Å²) in [6.45, 7) is 9.30. The molecule has 0 aliphatic carbocycles. The quantitative estimate of drug-likeness (QED) is 0.735. The molecule has 0 radical (unpaired) electrons. The first-order chi connectivity index (χ1) is 14.3. The van der Waals surface area contributed by atoms with Gasteiger partial charge in [0.15, 0.2) is 11.5 Å². The Kier molecular flexibility index (Phi) is 7.38. The number of hydrogen-bond donors (Lipinski definition) is 1. The van der Waals surface area contributed by atoms with Gasteiger partial charge in [-0.3, -0.25) is 9.69 Å². The van der Waals surface area contributed by atoms with Gasteiger partial charge in [0.05, 0.1) is 7.11 Å². The third kappa shape index (κ3) is 6.49. The van der Waals surface area contributed by atoms with Gasteiger partial charge in [-0.25, -0.2) is 0 Å². The summed E-state index contributed by atoms with van der Waals surface area (Å²) in [4.78, 5) is 14.8. The number of nitrogens with one attached hydrogen (secondary N) is 1. The van der Waals surface area contributed by atoms with Gasteiger partial charge >= 0.3 is 0 Å². The summed E-state index contributed by atoms with van der Waals surface area (Å²) in [7, 11) is 1.67. The summed E-state index contributed by atoms with van der Waals surface area (Å²) in [5.74, 6) is 1.80. The molecule has 1 fully saturated rings. The number of methoxy groups -OCH3 is 1. The topological polar surface area (TPSA) is 50.8 Å². The van der Waals surface area contributed by atoms with Crippen LogP contribution in [0.5, 0.6) is 11.5 Å². The SMILES string of the molecule is COc1cc(CN2CCC(C(=O)NC(C)(C)C)CC2)ccc1OCc1ccccc1. The lowest BCUT2D eigenvalue weighted by Gasteiger charge is -2.33. The fourth-order valence-electron chi connectivity index (χ4n) is 3.75. The van der Waals surface area contributed by atoms with E-state index in [9.17, 15) is 4.79 Å². The zero-order valence-corrected chi connectivity index (χ0v) is 18.6. The minimum Gasteiger partial charge on any atom is -0.493 e. The summed E-state index contributed by atoms with van der Waals surface area (Å²) in [5.41, 5.74) is 2.15. The molecule has 0 unspecified atom stereocenters. The van der Waals surface area contributed by atoms with E-state index in [1.54, 1.807) is 7.11 Å². The summed E-state index contributed by atoms with van der Waals surface area (Å²) in [5, 5.41) is 3.11. The molecule has 1 aliphatic heterocycles. The van der Waals surface area contributed by atoms with E-state index in [-0.39, 0.29) is 17.4 Å². The van der Waals surface area contributed by atoms with Gasteiger partial charge in [-0.05, 0) is 70.0 Å². The van der Waals surface area contributed by atoms with Gasteiger partial charge in [0.2, 0.25) is 5.91 Å². The van der Waals surface area contributed by atoms with Gasteiger partial charge < -0.3 is 14.8 Å². The van der Waals surface area contributed by atoms with Crippen LogP contribution in [0.15, 0.2) is 48.5 Å². The Morgan fingerprint density at radius 3 is 2.37 bits per heavy atom. The summed E-state index contributed by atoms with van der Waals surface area (Å²) in [6, 6.07) is 16.3. The lowest BCUT2D eigenvalue weighted by Crippen LogP contribution is -2.46. The molecule has 5 nitrogen and oxygen atoms in total. The Hall–Kier alpha value is -2.53. The number of carbonyl (C=O) groups excluding carboxylic acids is 1. The Labute approximate surface area is 180 Å². The Morgan fingerprint density at radius 2 is 1.73 bits per heavy atom. The lowest BCUT2D eigenvalue weighted by atomic mass is 9.94. The number of ether oxygens (including phenoxy) is 2. The van der Waals surface area contributed by atoms with Crippen molar-refractivity contribution in [2.45, 2.75) is 52.3 Å². The molecule has 1 heterocycles. The van der Waals surface area contributed by atoms with Gasteiger partial charge in [-0.15, -0.1) is 0 Å². The third-order valence-electron chi connectivity index (χ3n) is 5.33. The van der Waals surface area contributed by atoms with Crippen molar-refractivity contribution in [1.29, 1.82) is 0 Å². The Morgan fingerprint density at radius 1 is 1.03 bits per heavy atom. The number of carbonyl (C=O) groups is 1. The molecule has 2 aromatic carbocycles. The van der Waals surface area contributed by atoms with E-state index in [4.69, 9.17) is 9.47 Å². The highest BCUT2D eigenvalue weighted by atomic mass is 16.5. The minimum atomic E-state index is -0.172. The zero-order chi connectivity index (χ0) is 21.6. The van der Waals surface area contributed by atoms with Crippen molar-refractivity contribution >= 4 is 5.91 Å². The van der Waals surface area contributed by atoms with Gasteiger partial charge in [-0.1, -0.05) is 36.4 Å². The van der Waals surface area contributed by atoms with Gasteiger partial charge in [0.1, 0.15) is 6.61 Å². The first-order valence-corrected chi connectivity index (χ1v) is 10.7. The fourth-order valence-corrected chi connectivity index (χ4v) is 3.75. The first-order valence-electron chi connectivity index (χ1n) is 10.7. The molecule has 0 saturated carbocycles. The molecule has 1 aliphatic rings. The average Bonchev–Trinajstić information content (AvgIpc) is 2.72. The van der Waals surface area contributed by atoms with E-state index in [2.05, 4.69) is 22.3 Å². The molecule has 3 rings (SSSR count). The third-order valence-corrected chi connectivity index (χ3v) is 5.33. The van der Waals surface area contributed by atoms with Crippen LogP contribution in [-0.4, -0.2) is 36.5 Å². The molecule has 1 N–H and O–H groups in total. The van der Waals surface area contributed by atoms with Crippen LogP contribution in [0, 0.1) is 5.92 Å². The highest BCUT2D eigenvalue weighted by Crippen LogP contribution is 2.30. The second-order valence-corrected chi connectivity index (χ2v) is 9.05. The smallest absolute Gasteiger partial charge is 0.223 e. The van der Waals surface area contributed by atoms with Crippen LogP contribution < -0.4 is 14.8 Å². The highest BCUT2D eigenvalue weighted by Gasteiger charge is 2.27. The largest absolute Gasteiger partial charge is 0.493 e. The number of hydrogen-bond acceptors (Lipinski definition) is 4. The van der Waals surface area contributed by atoms with Crippen LogP contribution in [0.1, 0.15) is 44.7 Å². The van der Waals surface area contributed by atoms with Crippen LogP contribution in [0.3, 0.4) is 0 Å². The molecule has 2 aromatic rings. The Bertz CT molecular complexity index is 822. The predicted octanol–water partition coefficient (Wildman–Crippen LogP) is 4.40. The molecule has 0 spiro atoms. The molecule has 0 aromatic heterocycles. The van der Waals surface area contributed by atoms with Gasteiger partial charge in [-0.2, -0.15) is 0 Å². The van der Waals surface area contributed by atoms with Crippen molar-refractivity contribution < 1.29 is 14.3 Å². The molecule has 162 valence electrons. The van der Waals surface area contributed by atoms with Crippen LogP contribution in [0.4, 0.5) is 0 Å². The van der Waals surface area contributed by atoms with E-state index in [1.165, 1.54) is 5.56 Å². The van der Waals surface area contributed by atoms with E-state index in [1.807, 2.05) is 57.2 Å². The molecular weight excluding hydrogens is 376 g/mol. The number of likely N-dealkylation sites (tertiary alicyclic amines) is 1. The molecule has 5 heteroatoms. The maximum absolute atomic E-state index is 12.4. The number of rotatable bonds is 7. The number of piperidine rings is 1. The van der Waals surface area contributed by atoms with E-state index >= 15 is 0 Å². The summed E-state index contributed by atoms with van der Waals surface area (Å²) in [6.07, 6.45) is 1.80. The van der Waals surface area contributed by atoms with Crippen molar-refractivity contribution in [1.82, 2.24) is 10.2 Å². The molecule has 0 bridgehead atoms. The molecule has 1 amide bonds. The van der Waals surface area contributed by atoms with Gasteiger partial charge in [0, 0.05) is 18.0 Å². The normalized spacial score (nSPS) is 15.6. The van der Waals surface area contributed by atoms with Crippen LogP contribution in [0.25, 0.3) is 0 Å². The van der Waals surface area contributed by atoms with Crippen LogP contribution in [-0.2, 0) is 17.9 Å². The maximum Gasteiger partial charge on any atom is 0.223 e. The van der Waals surface area contributed by atoms with Crippen molar-refractivity contribution in [3.63, 3.8) is 0 Å². The number of benzene rings is 2. The minimum absolute atomic E-state index is 0.115. The van der Waals surface area contributed by atoms with Crippen molar-refractivity contribution in [3.05, 3.63) is 59.7 Å². The number of amides is 1. The Balaban J connectivity index is 1.53. The fraction of sp³-hybridized carbons (Fsp3) is 0.480. The van der Waals surface area contributed by atoms with Crippen molar-refractivity contribution in [2.75, 3.05) is 20.2 Å². The van der Waals surface area contributed by atoms with E-state index in [0.29, 0.717) is 6.61 Å². The molecular formula is C25H34N2O3. The predicted molar refractivity (Wildman–Crippen MR) is 120 cm³/mol. The van der Waals surface area contributed by atoms with Gasteiger partial charge in [0.25, 0.3) is 0 Å². The maximum atomic E-state index is 12.4. The molecule has 1 saturated heterocycles. The van der Waals surface area contributed by atoms with Crippen molar-refractivity contribution in [3.8, 4) is 11.5 Å². The average molecular weight is 411 g/mol. The monoisotopic (exact) mass is 410 g/mol. The molecule has 0 atom stereocenters. The first kappa shape index (κ1) is 22.2. The van der Waals surface area contributed by atoms with Crippen molar-refractivity contribution in [2.24, 2.45) is 5.92 Å². The zero-order valence-electron chi connectivity index (χ0n) is 18.6. The lowest BCUT2D eigenvalue weighted by molar-refractivity contribution is -0.127. The highest BCUT2D eigenvalue weighted by molar-refractivity contribution is 5.79. The standard InChI is InChI=1S/C25H34N2O3/c1-25(2,3)26-24(28)21-12-14-27(15-13-21)17-20-10-11-22(23(16-20)29-4)30-18-19-8-6-5-7-9-19/h5-11,16,21H,12-15,17-18H2,1-4H3,(H,26,28). The second kappa shape index (κ2) is 9.98. The van der Waals surface area contributed by atoms with E-state index < -0.39 is 0 Å². The summed E-state index contributed by atoms with van der Waals surface area (Å²) < 4.78 is 11.5. The molecule has 30 heavy (non-hydrogen) atoms. The van der Waals surface area contributed by atoms with E-state index in [0.717, 1.165) is 49.5 Å². The van der Waals surface area contributed by atoms with Crippen LogP contribution >= 0.6 is 0 Å². The summed E-state index contributed by atoms with van der Waals surface area (Å²) >= 11 is 0. The second-order valence-electron chi connectivity index (χ2n) is 9.05. The van der Waals surface area contributed by atoms with Crippen LogP contribution in [0.2, 0.25) is 0 Å².